The van der Waals surface area contributed by atoms with Crippen molar-refractivity contribution in [1.82, 2.24) is 0 Å². The number of hydrogen-bond acceptors (Lipinski definition) is 3. The second-order valence-corrected chi connectivity index (χ2v) is 3.91. The zero-order chi connectivity index (χ0) is 9.19. The van der Waals surface area contributed by atoms with E-state index in [1.165, 1.54) is 11.9 Å². The Labute approximate surface area is 76.9 Å². The van der Waals surface area contributed by atoms with Crippen LogP contribution in [-0.4, -0.2) is 5.11 Å². The third-order valence-corrected chi connectivity index (χ3v) is 2.24. The van der Waals surface area contributed by atoms with Crippen LogP contribution in [0.2, 0.25) is 0 Å². The standard InChI is InChI=1S/C9H13NOS/c1-9(2,11)7-3-5-8(12-10)6-4-7/h3-6,11H,10H2,1-2H3. The predicted molar refractivity (Wildman–Crippen MR) is 51.7 cm³/mol. The first-order valence-electron chi connectivity index (χ1n) is 3.73. The van der Waals surface area contributed by atoms with Gasteiger partial charge < -0.3 is 5.11 Å². The number of nitrogens with two attached hydrogens (primary N) is 1. The average Bonchev–Trinajstić information content (AvgIpc) is 2.03. The SMILES string of the molecule is CC(C)(O)c1ccc(SN)cc1. The third-order valence-electron chi connectivity index (χ3n) is 1.70. The molecule has 0 fully saturated rings. The number of rotatable bonds is 2. The minimum Gasteiger partial charge on any atom is -0.386 e. The molecule has 0 amide bonds. The molecular formula is C9H13NOS. The summed E-state index contributed by atoms with van der Waals surface area (Å²) in [5.74, 6) is 0. The Morgan fingerprint density at radius 3 is 2.08 bits per heavy atom. The van der Waals surface area contributed by atoms with Gasteiger partial charge in [-0.15, -0.1) is 0 Å². The highest BCUT2D eigenvalue weighted by atomic mass is 32.2. The molecule has 3 N–H and O–H groups in total. The fourth-order valence-electron chi connectivity index (χ4n) is 0.941. The van der Waals surface area contributed by atoms with Crippen molar-refractivity contribution in [3.63, 3.8) is 0 Å². The molecule has 0 radical (unpaired) electrons. The Bertz CT molecular complexity index is 250. The smallest absolute Gasteiger partial charge is 0.0840 e. The lowest BCUT2D eigenvalue weighted by Crippen LogP contribution is -2.14. The van der Waals surface area contributed by atoms with Crippen molar-refractivity contribution in [2.45, 2.75) is 24.3 Å². The molecule has 1 rings (SSSR count). The summed E-state index contributed by atoms with van der Waals surface area (Å²) in [5, 5.41) is 15.0. The third kappa shape index (κ3) is 2.24. The predicted octanol–water partition coefficient (Wildman–Crippen LogP) is 1.88. The molecule has 3 heteroatoms. The van der Waals surface area contributed by atoms with E-state index >= 15 is 0 Å². The zero-order valence-corrected chi connectivity index (χ0v) is 8.06. The summed E-state index contributed by atoms with van der Waals surface area (Å²) < 4.78 is 0. The molecule has 1 aromatic rings. The fraction of sp³-hybridized carbons (Fsp3) is 0.333. The highest BCUT2D eigenvalue weighted by Gasteiger charge is 2.14. The number of aliphatic hydroxyl groups is 1. The molecule has 0 unspecified atom stereocenters. The molecule has 0 saturated heterocycles. The molecule has 0 heterocycles. The minimum absolute atomic E-state index is 0.766. The summed E-state index contributed by atoms with van der Waals surface area (Å²) in [5.41, 5.74) is 0.137. The van der Waals surface area contributed by atoms with Crippen molar-refractivity contribution in [1.29, 1.82) is 0 Å². The van der Waals surface area contributed by atoms with Crippen molar-refractivity contribution in [3.05, 3.63) is 29.8 Å². The Morgan fingerprint density at radius 2 is 1.75 bits per heavy atom. The summed E-state index contributed by atoms with van der Waals surface area (Å²) >= 11 is 1.21. The van der Waals surface area contributed by atoms with Gasteiger partial charge in [-0.3, -0.25) is 5.14 Å². The molecule has 2 nitrogen and oxygen atoms in total. The van der Waals surface area contributed by atoms with Crippen LogP contribution in [0.25, 0.3) is 0 Å². The zero-order valence-electron chi connectivity index (χ0n) is 7.24. The van der Waals surface area contributed by atoms with Crippen LogP contribution in [0, 0.1) is 0 Å². The number of benzene rings is 1. The van der Waals surface area contributed by atoms with Gasteiger partial charge in [0.15, 0.2) is 0 Å². The molecule has 0 saturated carbocycles. The van der Waals surface area contributed by atoms with Gasteiger partial charge in [-0.25, -0.2) is 0 Å². The Morgan fingerprint density at radius 1 is 1.25 bits per heavy atom. The van der Waals surface area contributed by atoms with Crippen LogP contribution >= 0.6 is 11.9 Å². The minimum atomic E-state index is -0.766. The van der Waals surface area contributed by atoms with Gasteiger partial charge in [-0.1, -0.05) is 12.1 Å². The highest BCUT2D eigenvalue weighted by molar-refractivity contribution is 7.97. The van der Waals surface area contributed by atoms with Crippen LogP contribution in [0.15, 0.2) is 29.2 Å². The molecule has 0 spiro atoms. The Balaban J connectivity index is 2.93. The lowest BCUT2D eigenvalue weighted by molar-refractivity contribution is 0.0785. The maximum absolute atomic E-state index is 9.61. The topological polar surface area (TPSA) is 46.2 Å². The lowest BCUT2D eigenvalue weighted by atomic mass is 9.99. The summed E-state index contributed by atoms with van der Waals surface area (Å²) in [6.07, 6.45) is 0. The molecular weight excluding hydrogens is 170 g/mol. The molecule has 0 aliphatic heterocycles. The van der Waals surface area contributed by atoms with E-state index in [0.717, 1.165) is 10.5 Å². The van der Waals surface area contributed by atoms with Gasteiger partial charge in [0.05, 0.1) is 5.60 Å². The summed E-state index contributed by atoms with van der Waals surface area (Å²) in [7, 11) is 0. The first-order chi connectivity index (χ1) is 5.54. The summed E-state index contributed by atoms with van der Waals surface area (Å²) in [6.45, 7) is 3.52. The van der Waals surface area contributed by atoms with Gasteiger partial charge in [0.2, 0.25) is 0 Å². The largest absolute Gasteiger partial charge is 0.386 e. The summed E-state index contributed by atoms with van der Waals surface area (Å²) in [4.78, 5) is 1.00. The van der Waals surface area contributed by atoms with Crippen molar-refractivity contribution < 1.29 is 5.11 Å². The average molecular weight is 183 g/mol. The Hall–Kier alpha value is -0.510. The molecule has 66 valence electrons. The van der Waals surface area contributed by atoms with Crippen molar-refractivity contribution >= 4 is 11.9 Å². The van der Waals surface area contributed by atoms with Crippen LogP contribution in [0.5, 0.6) is 0 Å². The molecule has 0 aliphatic carbocycles. The van der Waals surface area contributed by atoms with Gasteiger partial charge in [-0.05, 0) is 43.5 Å². The molecule has 0 bridgehead atoms. The maximum atomic E-state index is 9.61. The first-order valence-corrected chi connectivity index (χ1v) is 4.61. The number of hydrogen-bond donors (Lipinski definition) is 2. The van der Waals surface area contributed by atoms with E-state index < -0.39 is 5.60 Å². The lowest BCUT2D eigenvalue weighted by Gasteiger charge is -2.17. The van der Waals surface area contributed by atoms with Gasteiger partial charge >= 0.3 is 0 Å². The van der Waals surface area contributed by atoms with Crippen LogP contribution in [0.4, 0.5) is 0 Å². The fourth-order valence-corrected chi connectivity index (χ4v) is 1.23. The first kappa shape index (κ1) is 9.58. The van der Waals surface area contributed by atoms with E-state index in [4.69, 9.17) is 5.14 Å². The van der Waals surface area contributed by atoms with E-state index in [-0.39, 0.29) is 0 Å². The van der Waals surface area contributed by atoms with Crippen LogP contribution in [-0.2, 0) is 5.60 Å². The van der Waals surface area contributed by atoms with Crippen molar-refractivity contribution in [2.24, 2.45) is 5.14 Å². The monoisotopic (exact) mass is 183 g/mol. The van der Waals surface area contributed by atoms with E-state index in [1.54, 1.807) is 13.8 Å². The van der Waals surface area contributed by atoms with E-state index in [9.17, 15) is 5.11 Å². The van der Waals surface area contributed by atoms with E-state index in [1.807, 2.05) is 24.3 Å². The molecule has 1 aromatic carbocycles. The quantitative estimate of drug-likeness (QED) is 0.688. The maximum Gasteiger partial charge on any atom is 0.0840 e. The highest BCUT2D eigenvalue weighted by Crippen LogP contribution is 2.21. The van der Waals surface area contributed by atoms with Crippen LogP contribution in [0.3, 0.4) is 0 Å². The molecule has 12 heavy (non-hydrogen) atoms. The van der Waals surface area contributed by atoms with Gasteiger partial charge in [0, 0.05) is 4.90 Å². The van der Waals surface area contributed by atoms with E-state index in [2.05, 4.69) is 0 Å². The van der Waals surface area contributed by atoms with Gasteiger partial charge in [0.1, 0.15) is 0 Å². The van der Waals surface area contributed by atoms with Gasteiger partial charge in [-0.2, -0.15) is 0 Å². The van der Waals surface area contributed by atoms with E-state index in [0.29, 0.717) is 0 Å². The molecule has 0 aromatic heterocycles. The second-order valence-electron chi connectivity index (χ2n) is 3.20. The van der Waals surface area contributed by atoms with Crippen molar-refractivity contribution in [2.75, 3.05) is 0 Å². The second kappa shape index (κ2) is 3.47. The van der Waals surface area contributed by atoms with Crippen LogP contribution in [0.1, 0.15) is 19.4 Å². The van der Waals surface area contributed by atoms with Crippen molar-refractivity contribution in [3.8, 4) is 0 Å². The van der Waals surface area contributed by atoms with Gasteiger partial charge in [0.25, 0.3) is 0 Å². The molecule has 0 atom stereocenters. The summed E-state index contributed by atoms with van der Waals surface area (Å²) in [6, 6.07) is 7.57. The molecule has 0 aliphatic rings. The van der Waals surface area contributed by atoms with Crippen LogP contribution < -0.4 is 5.14 Å². The Kier molecular flexibility index (Phi) is 2.77. The normalized spacial score (nSPS) is 11.7.